The van der Waals surface area contributed by atoms with Crippen molar-refractivity contribution in [2.45, 2.75) is 20.0 Å². The number of aliphatic hydroxyl groups is 1. The van der Waals surface area contributed by atoms with Gasteiger partial charge in [0.05, 0.1) is 6.10 Å². The van der Waals surface area contributed by atoms with Crippen LogP contribution in [0.15, 0.2) is 18.3 Å². The first-order valence-corrected chi connectivity index (χ1v) is 4.03. The van der Waals surface area contributed by atoms with Gasteiger partial charge in [-0.15, -0.1) is 0 Å². The molecule has 0 aromatic carbocycles. The molecule has 1 atom stereocenters. The minimum atomic E-state index is -0.341. The van der Waals surface area contributed by atoms with Crippen molar-refractivity contribution in [3.8, 4) is 0 Å². The quantitative estimate of drug-likeness (QED) is 0.708. The largest absolute Gasteiger partial charge is 0.392 e. The summed E-state index contributed by atoms with van der Waals surface area (Å²) in [5.74, 6) is 0.846. The minimum absolute atomic E-state index is 0.341. The highest BCUT2D eigenvalue weighted by atomic mass is 16.3. The number of rotatable bonds is 3. The Kier molecular flexibility index (Phi) is 3.05. The van der Waals surface area contributed by atoms with Gasteiger partial charge in [0.1, 0.15) is 5.82 Å². The summed E-state index contributed by atoms with van der Waals surface area (Å²) in [5, 5.41) is 12.1. The van der Waals surface area contributed by atoms with E-state index < -0.39 is 0 Å². The van der Waals surface area contributed by atoms with Crippen LogP contribution in [0.25, 0.3) is 0 Å². The Labute approximate surface area is 72.5 Å². The van der Waals surface area contributed by atoms with Crippen LogP contribution in [0.3, 0.4) is 0 Å². The highest BCUT2D eigenvalue weighted by Gasteiger charge is 1.98. The van der Waals surface area contributed by atoms with Gasteiger partial charge in [0.15, 0.2) is 0 Å². The van der Waals surface area contributed by atoms with Gasteiger partial charge < -0.3 is 10.4 Å². The molecular formula is C9H14N2O. The number of hydrogen-bond acceptors (Lipinski definition) is 3. The molecule has 1 unspecified atom stereocenters. The zero-order valence-corrected chi connectivity index (χ0v) is 7.41. The molecule has 3 nitrogen and oxygen atoms in total. The van der Waals surface area contributed by atoms with Crippen molar-refractivity contribution in [3.63, 3.8) is 0 Å². The average molecular weight is 166 g/mol. The third-order valence-corrected chi connectivity index (χ3v) is 1.57. The van der Waals surface area contributed by atoms with E-state index in [2.05, 4.69) is 10.3 Å². The Morgan fingerprint density at radius 1 is 1.67 bits per heavy atom. The molecule has 0 radical (unpaired) electrons. The lowest BCUT2D eigenvalue weighted by atomic mass is 10.3. The summed E-state index contributed by atoms with van der Waals surface area (Å²) in [6.07, 6.45) is 1.39. The van der Waals surface area contributed by atoms with Crippen molar-refractivity contribution in [2.75, 3.05) is 11.9 Å². The summed E-state index contributed by atoms with van der Waals surface area (Å²) < 4.78 is 0. The van der Waals surface area contributed by atoms with Crippen molar-refractivity contribution < 1.29 is 5.11 Å². The first-order chi connectivity index (χ1) is 5.70. The van der Waals surface area contributed by atoms with E-state index in [1.165, 1.54) is 0 Å². The van der Waals surface area contributed by atoms with Crippen LogP contribution in [0.4, 0.5) is 5.82 Å². The second-order valence-corrected chi connectivity index (χ2v) is 2.90. The molecule has 1 aromatic rings. The molecule has 0 aliphatic carbocycles. The van der Waals surface area contributed by atoms with Crippen molar-refractivity contribution in [1.82, 2.24) is 4.98 Å². The number of nitrogens with zero attached hydrogens (tertiary/aromatic N) is 1. The molecule has 0 amide bonds. The van der Waals surface area contributed by atoms with Crippen molar-refractivity contribution in [2.24, 2.45) is 0 Å². The maximum Gasteiger partial charge on any atom is 0.128 e. The lowest BCUT2D eigenvalue weighted by Gasteiger charge is -2.08. The number of anilines is 1. The maximum absolute atomic E-state index is 9.01. The van der Waals surface area contributed by atoms with Crippen LogP contribution in [0, 0.1) is 6.92 Å². The van der Waals surface area contributed by atoms with Gasteiger partial charge >= 0.3 is 0 Å². The van der Waals surface area contributed by atoms with E-state index in [9.17, 15) is 0 Å². The molecule has 0 saturated carbocycles. The van der Waals surface area contributed by atoms with E-state index >= 15 is 0 Å². The van der Waals surface area contributed by atoms with Crippen molar-refractivity contribution in [3.05, 3.63) is 23.9 Å². The normalized spacial score (nSPS) is 12.6. The Morgan fingerprint density at radius 3 is 3.00 bits per heavy atom. The van der Waals surface area contributed by atoms with E-state index in [0.29, 0.717) is 6.54 Å². The van der Waals surface area contributed by atoms with Crippen molar-refractivity contribution in [1.29, 1.82) is 0 Å². The molecular weight excluding hydrogens is 152 g/mol. The third kappa shape index (κ3) is 2.51. The Balaban J connectivity index is 2.57. The standard InChI is InChI=1S/C9H14N2O/c1-7-4-3-5-10-9(7)11-6-8(2)12/h3-5,8,12H,6H2,1-2H3,(H,10,11). The number of aromatic nitrogens is 1. The monoisotopic (exact) mass is 166 g/mol. The summed E-state index contributed by atoms with van der Waals surface area (Å²) in [6, 6.07) is 3.88. The van der Waals surface area contributed by atoms with Gasteiger partial charge in [-0.3, -0.25) is 0 Å². The molecule has 2 N–H and O–H groups in total. The molecule has 0 saturated heterocycles. The van der Waals surface area contributed by atoms with E-state index in [0.717, 1.165) is 11.4 Å². The van der Waals surface area contributed by atoms with E-state index in [1.54, 1.807) is 13.1 Å². The smallest absolute Gasteiger partial charge is 0.128 e. The molecule has 0 fully saturated rings. The van der Waals surface area contributed by atoms with Crippen LogP contribution in [0.1, 0.15) is 12.5 Å². The van der Waals surface area contributed by atoms with E-state index in [-0.39, 0.29) is 6.10 Å². The van der Waals surface area contributed by atoms with Gasteiger partial charge in [-0.1, -0.05) is 6.07 Å². The first-order valence-electron chi connectivity index (χ1n) is 4.03. The molecule has 3 heteroatoms. The third-order valence-electron chi connectivity index (χ3n) is 1.57. The fourth-order valence-corrected chi connectivity index (χ4v) is 0.915. The Morgan fingerprint density at radius 2 is 2.42 bits per heavy atom. The molecule has 66 valence electrons. The number of nitrogens with one attached hydrogen (secondary N) is 1. The Hall–Kier alpha value is -1.09. The van der Waals surface area contributed by atoms with Crippen LogP contribution in [-0.2, 0) is 0 Å². The minimum Gasteiger partial charge on any atom is -0.392 e. The van der Waals surface area contributed by atoms with Gasteiger partial charge in [0.25, 0.3) is 0 Å². The van der Waals surface area contributed by atoms with Gasteiger partial charge in [0, 0.05) is 12.7 Å². The Bertz CT molecular complexity index is 248. The molecule has 1 heterocycles. The molecule has 0 spiro atoms. The lowest BCUT2D eigenvalue weighted by Crippen LogP contribution is -2.16. The number of aryl methyl sites for hydroxylation is 1. The van der Waals surface area contributed by atoms with Gasteiger partial charge in [-0.25, -0.2) is 4.98 Å². The summed E-state index contributed by atoms with van der Waals surface area (Å²) in [7, 11) is 0. The molecule has 1 aromatic heterocycles. The zero-order valence-electron chi connectivity index (χ0n) is 7.41. The maximum atomic E-state index is 9.01. The summed E-state index contributed by atoms with van der Waals surface area (Å²) >= 11 is 0. The molecule has 1 rings (SSSR count). The summed E-state index contributed by atoms with van der Waals surface area (Å²) in [5.41, 5.74) is 1.10. The van der Waals surface area contributed by atoms with Crippen LogP contribution in [-0.4, -0.2) is 22.7 Å². The predicted octanol–water partition coefficient (Wildman–Crippen LogP) is 1.18. The second kappa shape index (κ2) is 4.07. The predicted molar refractivity (Wildman–Crippen MR) is 49.1 cm³/mol. The van der Waals surface area contributed by atoms with Crippen LogP contribution >= 0.6 is 0 Å². The van der Waals surface area contributed by atoms with E-state index in [1.807, 2.05) is 19.1 Å². The topological polar surface area (TPSA) is 45.2 Å². The van der Waals surface area contributed by atoms with Crippen LogP contribution in [0.2, 0.25) is 0 Å². The van der Waals surface area contributed by atoms with Gasteiger partial charge in [-0.05, 0) is 25.5 Å². The zero-order chi connectivity index (χ0) is 8.97. The lowest BCUT2D eigenvalue weighted by molar-refractivity contribution is 0.208. The number of pyridine rings is 1. The highest BCUT2D eigenvalue weighted by molar-refractivity contribution is 5.42. The summed E-state index contributed by atoms with van der Waals surface area (Å²) in [6.45, 7) is 4.26. The number of hydrogen-bond donors (Lipinski definition) is 2. The van der Waals surface area contributed by atoms with Gasteiger partial charge in [0.2, 0.25) is 0 Å². The molecule has 0 aliphatic rings. The number of aliphatic hydroxyl groups excluding tert-OH is 1. The fraction of sp³-hybridized carbons (Fsp3) is 0.444. The SMILES string of the molecule is Cc1cccnc1NCC(C)O. The van der Waals surface area contributed by atoms with Crippen molar-refractivity contribution >= 4 is 5.82 Å². The molecule has 0 aliphatic heterocycles. The highest BCUT2D eigenvalue weighted by Crippen LogP contribution is 2.08. The van der Waals surface area contributed by atoms with Crippen LogP contribution in [0.5, 0.6) is 0 Å². The molecule has 0 bridgehead atoms. The van der Waals surface area contributed by atoms with E-state index in [4.69, 9.17) is 5.11 Å². The summed E-state index contributed by atoms with van der Waals surface area (Å²) in [4.78, 5) is 4.13. The van der Waals surface area contributed by atoms with Gasteiger partial charge in [-0.2, -0.15) is 0 Å². The average Bonchev–Trinajstić information content (AvgIpc) is 2.03. The fourth-order valence-electron chi connectivity index (χ4n) is 0.915. The van der Waals surface area contributed by atoms with Crippen LogP contribution < -0.4 is 5.32 Å². The second-order valence-electron chi connectivity index (χ2n) is 2.90. The molecule has 12 heavy (non-hydrogen) atoms. The first kappa shape index (κ1) is 9.00.